The highest BCUT2D eigenvalue weighted by molar-refractivity contribution is 9.10. The first kappa shape index (κ1) is 20.8. The van der Waals surface area contributed by atoms with Crippen LogP contribution in [0, 0.1) is 0 Å². The number of carbonyl (C=O) groups excluding carboxylic acids is 1. The van der Waals surface area contributed by atoms with Crippen LogP contribution in [0.1, 0.15) is 34.8 Å². The van der Waals surface area contributed by atoms with Gasteiger partial charge in [-0.1, -0.05) is 28.9 Å². The van der Waals surface area contributed by atoms with E-state index in [-0.39, 0.29) is 40.4 Å². The molecule has 0 spiro atoms. The fourth-order valence-corrected chi connectivity index (χ4v) is 2.66. The molecule has 0 atom stereocenters. The monoisotopic (exact) mass is 445 g/mol. The van der Waals surface area contributed by atoms with Gasteiger partial charge in [0.25, 0.3) is 0 Å². The van der Waals surface area contributed by atoms with E-state index in [0.29, 0.717) is 5.56 Å². The Morgan fingerprint density at radius 2 is 1.89 bits per heavy atom. The molecule has 0 fully saturated rings. The molecule has 2 rings (SSSR count). The molecule has 0 aliphatic rings. The van der Waals surface area contributed by atoms with Gasteiger partial charge in [0, 0.05) is 10.9 Å². The second-order valence-corrected chi connectivity index (χ2v) is 6.37. The van der Waals surface area contributed by atoms with E-state index in [0.717, 1.165) is 6.07 Å². The lowest BCUT2D eigenvalue weighted by Gasteiger charge is -2.13. The maximum Gasteiger partial charge on any atom is 0.417 e. The lowest BCUT2D eigenvalue weighted by Crippen LogP contribution is -2.13. The van der Waals surface area contributed by atoms with E-state index in [1.165, 1.54) is 30.3 Å². The molecule has 0 aromatic heterocycles. The molecule has 27 heavy (non-hydrogen) atoms. The standard InChI is InChI=1S/C18H15BrF3NO4/c1-2-16(24)23-15-6-3-10(7-12(15)17(25)26)9-27-11-4-5-14(19)13(8-11)18(20,21)22/h3-8H,2,9H2,1H3,(H,23,24)(H,25,26). The molecule has 1 amide bonds. The Kier molecular flexibility index (Phi) is 6.48. The van der Waals surface area contributed by atoms with Crippen LogP contribution in [0.15, 0.2) is 40.9 Å². The van der Waals surface area contributed by atoms with Crippen molar-refractivity contribution in [3.8, 4) is 5.75 Å². The van der Waals surface area contributed by atoms with Gasteiger partial charge in [0.2, 0.25) is 5.91 Å². The highest BCUT2D eigenvalue weighted by Crippen LogP contribution is 2.37. The summed E-state index contributed by atoms with van der Waals surface area (Å²) in [4.78, 5) is 22.9. The number of nitrogens with one attached hydrogen (secondary N) is 1. The van der Waals surface area contributed by atoms with E-state index in [2.05, 4.69) is 21.2 Å². The van der Waals surface area contributed by atoms with Gasteiger partial charge < -0.3 is 15.2 Å². The molecule has 2 aromatic carbocycles. The summed E-state index contributed by atoms with van der Waals surface area (Å²) in [5, 5.41) is 11.8. The maximum atomic E-state index is 12.9. The van der Waals surface area contributed by atoms with Gasteiger partial charge in [-0.25, -0.2) is 4.79 Å². The van der Waals surface area contributed by atoms with Crippen molar-refractivity contribution in [2.45, 2.75) is 26.1 Å². The van der Waals surface area contributed by atoms with Gasteiger partial charge in [0.05, 0.1) is 16.8 Å². The molecule has 0 aliphatic carbocycles. The van der Waals surface area contributed by atoms with Crippen LogP contribution in [-0.4, -0.2) is 17.0 Å². The summed E-state index contributed by atoms with van der Waals surface area (Å²) in [5.74, 6) is -1.59. The molecule has 2 N–H and O–H groups in total. The number of benzene rings is 2. The van der Waals surface area contributed by atoms with E-state index in [4.69, 9.17) is 4.74 Å². The first-order chi connectivity index (χ1) is 12.6. The number of halogens is 4. The number of anilines is 1. The molecular weight excluding hydrogens is 431 g/mol. The summed E-state index contributed by atoms with van der Waals surface area (Å²) < 4.78 is 44.0. The van der Waals surface area contributed by atoms with E-state index in [1.54, 1.807) is 6.92 Å². The van der Waals surface area contributed by atoms with Crippen LogP contribution in [0.25, 0.3) is 0 Å². The number of carboxylic acids is 1. The first-order valence-electron chi connectivity index (χ1n) is 7.77. The summed E-state index contributed by atoms with van der Waals surface area (Å²) in [5.41, 5.74) is -0.437. The van der Waals surface area contributed by atoms with Gasteiger partial charge >= 0.3 is 12.1 Å². The lowest BCUT2D eigenvalue weighted by molar-refractivity contribution is -0.138. The number of rotatable bonds is 6. The molecule has 0 heterocycles. The number of hydrogen-bond donors (Lipinski definition) is 2. The second-order valence-electron chi connectivity index (χ2n) is 5.51. The average molecular weight is 446 g/mol. The third-order valence-corrected chi connectivity index (χ3v) is 4.25. The molecule has 2 aromatic rings. The molecule has 0 saturated heterocycles. The van der Waals surface area contributed by atoms with Gasteiger partial charge in [0.15, 0.2) is 0 Å². The Morgan fingerprint density at radius 3 is 2.48 bits per heavy atom. The third kappa shape index (κ3) is 5.46. The topological polar surface area (TPSA) is 75.6 Å². The lowest BCUT2D eigenvalue weighted by atomic mass is 10.1. The zero-order valence-electron chi connectivity index (χ0n) is 14.1. The van der Waals surface area contributed by atoms with E-state index in [9.17, 15) is 27.9 Å². The van der Waals surface area contributed by atoms with Crippen molar-refractivity contribution in [2.75, 3.05) is 5.32 Å². The van der Waals surface area contributed by atoms with Crippen LogP contribution in [0.2, 0.25) is 0 Å². The first-order valence-corrected chi connectivity index (χ1v) is 8.56. The zero-order valence-corrected chi connectivity index (χ0v) is 15.6. The van der Waals surface area contributed by atoms with Gasteiger partial charge in [-0.15, -0.1) is 0 Å². The molecule has 144 valence electrons. The average Bonchev–Trinajstić information content (AvgIpc) is 2.60. The Balaban J connectivity index is 2.20. The number of carboxylic acid groups (broad SMARTS) is 1. The number of hydrogen-bond acceptors (Lipinski definition) is 3. The molecule has 5 nitrogen and oxygen atoms in total. The molecule has 9 heteroatoms. The van der Waals surface area contributed by atoms with Crippen molar-refractivity contribution < 1.29 is 32.6 Å². The van der Waals surface area contributed by atoms with Crippen LogP contribution in [0.5, 0.6) is 5.75 Å². The van der Waals surface area contributed by atoms with E-state index in [1.807, 2.05) is 0 Å². The number of carbonyl (C=O) groups is 2. The molecule has 0 radical (unpaired) electrons. The molecule has 0 bridgehead atoms. The third-order valence-electron chi connectivity index (χ3n) is 3.56. The second kappa shape index (κ2) is 8.43. The smallest absolute Gasteiger partial charge is 0.417 e. The predicted molar refractivity (Wildman–Crippen MR) is 95.8 cm³/mol. The quantitative estimate of drug-likeness (QED) is 0.648. The Hall–Kier alpha value is -2.55. The van der Waals surface area contributed by atoms with Crippen LogP contribution >= 0.6 is 15.9 Å². The van der Waals surface area contributed by atoms with Crippen LogP contribution < -0.4 is 10.1 Å². The summed E-state index contributed by atoms with van der Waals surface area (Å²) >= 11 is 2.85. The Morgan fingerprint density at radius 1 is 1.19 bits per heavy atom. The van der Waals surface area contributed by atoms with Gasteiger partial charge in [-0.05, 0) is 35.9 Å². The molecule has 0 saturated carbocycles. The van der Waals surface area contributed by atoms with Crippen LogP contribution in [-0.2, 0) is 17.6 Å². The van der Waals surface area contributed by atoms with E-state index < -0.39 is 17.7 Å². The number of aromatic carboxylic acids is 1. The predicted octanol–water partition coefficient (Wildman–Crippen LogP) is 5.09. The SMILES string of the molecule is CCC(=O)Nc1ccc(COc2ccc(Br)c(C(F)(F)F)c2)cc1C(=O)O. The number of alkyl halides is 3. The molecule has 0 aliphatic heterocycles. The highest BCUT2D eigenvalue weighted by atomic mass is 79.9. The fraction of sp³-hybridized carbons (Fsp3) is 0.222. The van der Waals surface area contributed by atoms with Crippen LogP contribution in [0.4, 0.5) is 18.9 Å². The normalized spacial score (nSPS) is 11.1. The van der Waals surface area contributed by atoms with Crippen molar-refractivity contribution in [1.29, 1.82) is 0 Å². The fourth-order valence-electron chi connectivity index (χ4n) is 2.18. The maximum absolute atomic E-state index is 12.9. The minimum atomic E-state index is -4.53. The molecular formula is C18H15BrF3NO4. The Bertz CT molecular complexity index is 868. The van der Waals surface area contributed by atoms with Crippen LogP contribution in [0.3, 0.4) is 0 Å². The zero-order chi connectivity index (χ0) is 20.2. The van der Waals surface area contributed by atoms with Crippen molar-refractivity contribution in [3.05, 3.63) is 57.6 Å². The highest BCUT2D eigenvalue weighted by Gasteiger charge is 2.33. The minimum absolute atomic E-state index is 0.00855. The molecule has 0 unspecified atom stereocenters. The Labute approximate surface area is 161 Å². The number of ether oxygens (including phenoxy) is 1. The summed E-state index contributed by atoms with van der Waals surface area (Å²) in [6.07, 6.45) is -4.34. The van der Waals surface area contributed by atoms with Gasteiger partial charge in [-0.3, -0.25) is 4.79 Å². The largest absolute Gasteiger partial charge is 0.489 e. The van der Waals surface area contributed by atoms with Crippen molar-refractivity contribution in [2.24, 2.45) is 0 Å². The van der Waals surface area contributed by atoms with Gasteiger partial charge in [-0.2, -0.15) is 13.2 Å². The van der Waals surface area contributed by atoms with Crippen molar-refractivity contribution >= 4 is 33.5 Å². The van der Waals surface area contributed by atoms with Gasteiger partial charge in [0.1, 0.15) is 12.4 Å². The summed E-state index contributed by atoms with van der Waals surface area (Å²) in [7, 11) is 0. The van der Waals surface area contributed by atoms with Crippen molar-refractivity contribution in [1.82, 2.24) is 0 Å². The van der Waals surface area contributed by atoms with E-state index >= 15 is 0 Å². The number of amides is 1. The summed E-state index contributed by atoms with van der Waals surface area (Å²) in [6, 6.07) is 7.70. The van der Waals surface area contributed by atoms with Crippen molar-refractivity contribution in [3.63, 3.8) is 0 Å². The minimum Gasteiger partial charge on any atom is -0.489 e. The summed E-state index contributed by atoms with van der Waals surface area (Å²) in [6.45, 7) is 1.49.